The van der Waals surface area contributed by atoms with Crippen LogP contribution in [0.2, 0.25) is 0 Å². The Bertz CT molecular complexity index is 571. The van der Waals surface area contributed by atoms with E-state index in [1.54, 1.807) is 17.0 Å². The van der Waals surface area contributed by atoms with E-state index in [9.17, 15) is 14.0 Å². The predicted octanol–water partition coefficient (Wildman–Crippen LogP) is 2.24. The molecule has 1 N–H and O–H groups in total. The van der Waals surface area contributed by atoms with E-state index in [1.807, 2.05) is 0 Å². The fraction of sp³-hybridized carbons (Fsp3) is 0.333. The summed E-state index contributed by atoms with van der Waals surface area (Å²) in [6, 6.07) is 4.75. The van der Waals surface area contributed by atoms with Gasteiger partial charge in [0, 0.05) is 32.0 Å². The molecule has 0 aromatic heterocycles. The van der Waals surface area contributed by atoms with Crippen molar-refractivity contribution in [1.82, 2.24) is 10.2 Å². The highest BCUT2D eigenvalue weighted by Crippen LogP contribution is 2.19. The van der Waals surface area contributed by atoms with E-state index in [4.69, 9.17) is 0 Å². The first-order valence-electron chi connectivity index (χ1n) is 6.61. The van der Waals surface area contributed by atoms with E-state index >= 15 is 0 Å². The average Bonchev–Trinajstić information content (AvgIpc) is 2.43. The first-order chi connectivity index (χ1) is 9.99. The smallest absolute Gasteiger partial charge is 0.245 e. The predicted molar refractivity (Wildman–Crippen MR) is 80.8 cm³/mol. The van der Waals surface area contributed by atoms with Crippen molar-refractivity contribution in [3.8, 4) is 0 Å². The first kappa shape index (κ1) is 15.7. The van der Waals surface area contributed by atoms with Gasteiger partial charge in [0.05, 0.1) is 4.47 Å². The lowest BCUT2D eigenvalue weighted by Gasteiger charge is -2.38. The molecule has 0 saturated carbocycles. The molecule has 0 bridgehead atoms. The summed E-state index contributed by atoms with van der Waals surface area (Å²) < 4.78 is 13.7. The van der Waals surface area contributed by atoms with Gasteiger partial charge in [0.15, 0.2) is 0 Å². The summed E-state index contributed by atoms with van der Waals surface area (Å²) in [6.45, 7) is 4.89. The molecule has 1 aliphatic rings. The molecule has 0 atom stereocenters. The van der Waals surface area contributed by atoms with E-state index in [2.05, 4.69) is 27.8 Å². The van der Waals surface area contributed by atoms with Crippen LogP contribution in [0.3, 0.4) is 0 Å². The molecule has 6 heteroatoms. The van der Waals surface area contributed by atoms with Crippen molar-refractivity contribution in [2.75, 3.05) is 13.1 Å². The highest BCUT2D eigenvalue weighted by atomic mass is 79.9. The minimum atomic E-state index is -0.348. The Morgan fingerprint density at radius 1 is 1.48 bits per heavy atom. The highest BCUT2D eigenvalue weighted by Gasteiger charge is 2.30. The molecule has 0 unspecified atom stereocenters. The Labute approximate surface area is 131 Å². The van der Waals surface area contributed by atoms with Gasteiger partial charge in [-0.1, -0.05) is 12.6 Å². The van der Waals surface area contributed by atoms with Gasteiger partial charge in [-0.15, -0.1) is 0 Å². The van der Waals surface area contributed by atoms with Crippen LogP contribution in [0.25, 0.3) is 0 Å². The van der Waals surface area contributed by atoms with Gasteiger partial charge in [0.1, 0.15) is 5.82 Å². The van der Waals surface area contributed by atoms with Crippen LogP contribution in [0, 0.1) is 11.7 Å². The quantitative estimate of drug-likeness (QED) is 0.824. The van der Waals surface area contributed by atoms with Gasteiger partial charge in [0.2, 0.25) is 11.8 Å². The number of carbonyl (C=O) groups excluding carboxylic acids is 2. The summed E-state index contributed by atoms with van der Waals surface area (Å²) in [6.07, 6.45) is 1.65. The molecule has 1 aromatic rings. The summed E-state index contributed by atoms with van der Waals surface area (Å²) >= 11 is 3.08. The zero-order valence-electron chi connectivity index (χ0n) is 11.4. The molecule has 0 radical (unpaired) electrons. The fourth-order valence-electron chi connectivity index (χ4n) is 2.19. The topological polar surface area (TPSA) is 49.4 Å². The maximum absolute atomic E-state index is 13.3. The van der Waals surface area contributed by atoms with Crippen LogP contribution in [-0.4, -0.2) is 29.8 Å². The van der Waals surface area contributed by atoms with E-state index in [0.29, 0.717) is 36.1 Å². The lowest BCUT2D eigenvalue weighted by molar-refractivity contribution is -0.135. The van der Waals surface area contributed by atoms with Crippen LogP contribution < -0.4 is 5.32 Å². The number of nitrogens with zero attached hydrogens (tertiary/aromatic N) is 1. The van der Waals surface area contributed by atoms with Crippen molar-refractivity contribution in [3.05, 3.63) is 46.7 Å². The Morgan fingerprint density at radius 2 is 2.19 bits per heavy atom. The van der Waals surface area contributed by atoms with Gasteiger partial charge < -0.3 is 10.2 Å². The third-order valence-corrected chi connectivity index (χ3v) is 4.03. The van der Waals surface area contributed by atoms with Gasteiger partial charge >= 0.3 is 0 Å². The second kappa shape index (κ2) is 6.85. The maximum atomic E-state index is 13.3. The zero-order chi connectivity index (χ0) is 15.4. The first-order valence-corrected chi connectivity index (χ1v) is 7.41. The molecule has 1 saturated heterocycles. The number of carbonyl (C=O) groups is 2. The van der Waals surface area contributed by atoms with Crippen molar-refractivity contribution >= 4 is 27.7 Å². The summed E-state index contributed by atoms with van der Waals surface area (Å²) in [7, 11) is 0. The minimum Gasteiger partial charge on any atom is -0.352 e. The number of likely N-dealkylation sites (tertiary alicyclic amines) is 1. The Morgan fingerprint density at radius 3 is 2.81 bits per heavy atom. The second-order valence-electron chi connectivity index (χ2n) is 5.04. The SMILES string of the molecule is C=CC(=O)N1CC(CC(=O)NCc2ccc(Br)c(F)c2)C1. The fourth-order valence-corrected chi connectivity index (χ4v) is 2.44. The van der Waals surface area contributed by atoms with Crippen molar-refractivity contribution < 1.29 is 14.0 Å². The molecule has 1 aromatic carbocycles. The van der Waals surface area contributed by atoms with Gasteiger partial charge in [-0.05, 0) is 39.7 Å². The van der Waals surface area contributed by atoms with Gasteiger partial charge in [0.25, 0.3) is 0 Å². The van der Waals surface area contributed by atoms with Crippen molar-refractivity contribution in [3.63, 3.8) is 0 Å². The molecule has 0 spiro atoms. The number of benzene rings is 1. The van der Waals surface area contributed by atoms with Crippen LogP contribution in [0.5, 0.6) is 0 Å². The number of amides is 2. The van der Waals surface area contributed by atoms with Crippen LogP contribution in [0.1, 0.15) is 12.0 Å². The average molecular weight is 355 g/mol. The van der Waals surface area contributed by atoms with Crippen LogP contribution in [-0.2, 0) is 16.1 Å². The third kappa shape index (κ3) is 4.14. The summed E-state index contributed by atoms with van der Waals surface area (Å²) in [4.78, 5) is 24.7. The molecular formula is C15H16BrFN2O2. The molecule has 1 fully saturated rings. The minimum absolute atomic E-state index is 0.0889. The molecule has 21 heavy (non-hydrogen) atoms. The lowest BCUT2D eigenvalue weighted by atomic mass is 9.96. The lowest BCUT2D eigenvalue weighted by Crippen LogP contribution is -2.50. The molecule has 1 heterocycles. The van der Waals surface area contributed by atoms with Gasteiger partial charge in [-0.25, -0.2) is 4.39 Å². The maximum Gasteiger partial charge on any atom is 0.245 e. The number of rotatable bonds is 5. The van der Waals surface area contributed by atoms with Crippen molar-refractivity contribution in [1.29, 1.82) is 0 Å². The largest absolute Gasteiger partial charge is 0.352 e. The van der Waals surface area contributed by atoms with Crippen molar-refractivity contribution in [2.24, 2.45) is 5.92 Å². The van der Waals surface area contributed by atoms with E-state index in [0.717, 1.165) is 0 Å². The summed E-state index contributed by atoms with van der Waals surface area (Å²) in [5.41, 5.74) is 0.709. The number of nitrogens with one attached hydrogen (secondary N) is 1. The molecule has 112 valence electrons. The van der Waals surface area contributed by atoms with Crippen molar-refractivity contribution in [2.45, 2.75) is 13.0 Å². The number of hydrogen-bond acceptors (Lipinski definition) is 2. The monoisotopic (exact) mass is 354 g/mol. The normalized spacial score (nSPS) is 14.5. The molecular weight excluding hydrogens is 339 g/mol. The van der Waals surface area contributed by atoms with Gasteiger partial charge in [-0.2, -0.15) is 0 Å². The number of hydrogen-bond donors (Lipinski definition) is 1. The summed E-state index contributed by atoms with van der Waals surface area (Å²) in [5.74, 6) is -0.346. The Balaban J connectivity index is 1.72. The van der Waals surface area contributed by atoms with Crippen LogP contribution >= 0.6 is 15.9 Å². The van der Waals surface area contributed by atoms with Gasteiger partial charge in [-0.3, -0.25) is 9.59 Å². The standard InChI is InChI=1S/C15H16BrFN2O2/c1-2-15(21)19-8-11(9-19)6-14(20)18-7-10-3-4-12(16)13(17)5-10/h2-5,11H,1,6-9H2,(H,18,20). The Kier molecular flexibility index (Phi) is 5.12. The Hall–Kier alpha value is -1.69. The second-order valence-corrected chi connectivity index (χ2v) is 5.90. The van der Waals surface area contributed by atoms with E-state index in [1.165, 1.54) is 12.1 Å². The molecule has 2 rings (SSSR count). The molecule has 1 aliphatic heterocycles. The van der Waals surface area contributed by atoms with Crippen LogP contribution in [0.15, 0.2) is 35.3 Å². The third-order valence-electron chi connectivity index (χ3n) is 3.39. The highest BCUT2D eigenvalue weighted by molar-refractivity contribution is 9.10. The van der Waals surface area contributed by atoms with E-state index < -0.39 is 0 Å². The molecule has 2 amide bonds. The summed E-state index contributed by atoms with van der Waals surface area (Å²) in [5, 5.41) is 2.76. The van der Waals surface area contributed by atoms with E-state index in [-0.39, 0.29) is 23.5 Å². The van der Waals surface area contributed by atoms with Crippen LogP contribution in [0.4, 0.5) is 4.39 Å². The molecule has 4 nitrogen and oxygen atoms in total. The molecule has 0 aliphatic carbocycles. The number of halogens is 2. The zero-order valence-corrected chi connectivity index (χ0v) is 13.0.